The Kier molecular flexibility index (Phi) is 6.14. The molecule has 0 radical (unpaired) electrons. The first-order chi connectivity index (χ1) is 15.5. The van der Waals surface area contributed by atoms with E-state index in [9.17, 15) is 12.8 Å². The minimum Gasteiger partial charge on any atom is -0.342 e. The molecule has 2 aliphatic heterocycles. The number of para-hydroxylation sites is 2. The van der Waals surface area contributed by atoms with E-state index < -0.39 is 10.0 Å². The third kappa shape index (κ3) is 4.51. The lowest BCUT2D eigenvalue weighted by Gasteiger charge is -2.33. The minimum atomic E-state index is -3.26. The Labute approximate surface area is 192 Å². The second-order valence-corrected chi connectivity index (χ2v) is 11.7. The number of nitrogens with one attached hydrogen (secondary N) is 1. The van der Waals surface area contributed by atoms with Crippen LogP contribution in [0, 0.1) is 5.82 Å². The highest BCUT2D eigenvalue weighted by atomic mass is 32.2. The van der Waals surface area contributed by atoms with Crippen LogP contribution in [0.25, 0.3) is 11.0 Å². The second-order valence-electron chi connectivity index (χ2n) is 8.53. The number of hydrogen-bond donors (Lipinski definition) is 1. The SMILES string of the molecule is O=S(=O)(NC1CCN(c2nc3ccccc3n2Cc2cccc(F)c2)CC1)C1CCSC1. The molecule has 0 aliphatic carbocycles. The van der Waals surface area contributed by atoms with Crippen LogP contribution in [0.4, 0.5) is 10.3 Å². The number of imidazole rings is 1. The third-order valence-electron chi connectivity index (χ3n) is 6.30. The number of fused-ring (bicyclic) bond motifs is 1. The van der Waals surface area contributed by atoms with Gasteiger partial charge in [-0.1, -0.05) is 24.3 Å². The van der Waals surface area contributed by atoms with Crippen molar-refractivity contribution in [2.75, 3.05) is 29.5 Å². The van der Waals surface area contributed by atoms with Crippen molar-refractivity contribution in [3.8, 4) is 0 Å². The van der Waals surface area contributed by atoms with Crippen molar-refractivity contribution in [1.82, 2.24) is 14.3 Å². The van der Waals surface area contributed by atoms with Gasteiger partial charge < -0.3 is 9.47 Å². The van der Waals surface area contributed by atoms with Crippen LogP contribution in [0.1, 0.15) is 24.8 Å². The summed E-state index contributed by atoms with van der Waals surface area (Å²) in [5.74, 6) is 2.22. The quantitative estimate of drug-likeness (QED) is 0.591. The van der Waals surface area contributed by atoms with Gasteiger partial charge in [0.25, 0.3) is 0 Å². The van der Waals surface area contributed by atoms with Gasteiger partial charge in [0.2, 0.25) is 16.0 Å². The number of thioether (sulfide) groups is 1. The zero-order valence-electron chi connectivity index (χ0n) is 17.8. The molecule has 1 aromatic heterocycles. The van der Waals surface area contributed by atoms with E-state index in [1.807, 2.05) is 30.3 Å². The molecular formula is C23H27FN4O2S2. The smallest absolute Gasteiger partial charge is 0.215 e. The third-order valence-corrected chi connectivity index (χ3v) is 9.61. The number of nitrogens with zero attached hydrogens (tertiary/aromatic N) is 3. The summed E-state index contributed by atoms with van der Waals surface area (Å²) in [6.45, 7) is 1.97. The number of benzene rings is 2. The first-order valence-corrected chi connectivity index (χ1v) is 13.7. The van der Waals surface area contributed by atoms with Crippen LogP contribution in [0.5, 0.6) is 0 Å². The van der Waals surface area contributed by atoms with Gasteiger partial charge >= 0.3 is 0 Å². The molecule has 0 amide bonds. The number of anilines is 1. The van der Waals surface area contributed by atoms with Crippen molar-refractivity contribution in [3.05, 3.63) is 59.9 Å². The molecule has 2 fully saturated rings. The van der Waals surface area contributed by atoms with Crippen molar-refractivity contribution < 1.29 is 12.8 Å². The fraction of sp³-hybridized carbons (Fsp3) is 0.435. The number of halogens is 1. The zero-order valence-corrected chi connectivity index (χ0v) is 19.4. The Morgan fingerprint density at radius 3 is 2.66 bits per heavy atom. The Bertz CT molecular complexity index is 1200. The Morgan fingerprint density at radius 2 is 1.91 bits per heavy atom. The lowest BCUT2D eigenvalue weighted by molar-refractivity contribution is 0.451. The van der Waals surface area contributed by atoms with E-state index in [-0.39, 0.29) is 17.1 Å². The maximum atomic E-state index is 13.8. The molecule has 0 saturated carbocycles. The minimum absolute atomic E-state index is 0.0390. The standard InChI is InChI=1S/C23H27FN4O2S2/c24-18-5-3-4-17(14-18)15-28-22-7-2-1-6-21(22)25-23(28)27-11-8-19(9-12-27)26-32(29,30)20-10-13-31-16-20/h1-7,14,19-20,26H,8-13,15-16H2. The summed E-state index contributed by atoms with van der Waals surface area (Å²) in [6, 6.07) is 14.6. The van der Waals surface area contributed by atoms with E-state index in [2.05, 4.69) is 14.2 Å². The van der Waals surface area contributed by atoms with E-state index in [1.54, 1.807) is 23.9 Å². The Morgan fingerprint density at radius 1 is 1.09 bits per heavy atom. The van der Waals surface area contributed by atoms with Gasteiger partial charge in [0.15, 0.2) is 0 Å². The number of piperidine rings is 1. The predicted molar refractivity (Wildman–Crippen MR) is 128 cm³/mol. The molecule has 2 saturated heterocycles. The fourth-order valence-corrected chi connectivity index (χ4v) is 8.08. The molecule has 1 unspecified atom stereocenters. The highest BCUT2D eigenvalue weighted by Gasteiger charge is 2.33. The average Bonchev–Trinajstić information content (AvgIpc) is 3.44. The maximum absolute atomic E-state index is 13.8. The number of rotatable bonds is 6. The van der Waals surface area contributed by atoms with Gasteiger partial charge in [-0.05, 0) is 54.8 Å². The molecule has 170 valence electrons. The highest BCUT2D eigenvalue weighted by Crippen LogP contribution is 2.28. The van der Waals surface area contributed by atoms with Gasteiger partial charge in [-0.3, -0.25) is 0 Å². The maximum Gasteiger partial charge on any atom is 0.215 e. The molecule has 3 heterocycles. The first-order valence-electron chi connectivity index (χ1n) is 11.0. The summed E-state index contributed by atoms with van der Waals surface area (Å²) in [4.78, 5) is 7.09. The lowest BCUT2D eigenvalue weighted by Crippen LogP contribution is -2.47. The fourth-order valence-electron chi connectivity index (χ4n) is 4.56. The molecule has 9 heteroatoms. The molecule has 2 aromatic carbocycles. The summed E-state index contributed by atoms with van der Waals surface area (Å²) in [5.41, 5.74) is 2.79. The van der Waals surface area contributed by atoms with Crippen LogP contribution in [0.2, 0.25) is 0 Å². The molecule has 1 N–H and O–H groups in total. The van der Waals surface area contributed by atoms with Crippen LogP contribution in [-0.4, -0.2) is 53.9 Å². The molecule has 6 nitrogen and oxygen atoms in total. The van der Waals surface area contributed by atoms with Gasteiger partial charge in [-0.25, -0.2) is 22.5 Å². The molecular weight excluding hydrogens is 447 g/mol. The van der Waals surface area contributed by atoms with Crippen LogP contribution in [0.3, 0.4) is 0 Å². The van der Waals surface area contributed by atoms with Crippen LogP contribution in [-0.2, 0) is 16.6 Å². The van der Waals surface area contributed by atoms with Crippen molar-refractivity contribution >= 4 is 38.8 Å². The Hall–Kier alpha value is -2.10. The van der Waals surface area contributed by atoms with Crippen molar-refractivity contribution in [3.63, 3.8) is 0 Å². The summed E-state index contributed by atoms with van der Waals surface area (Å²) in [6.07, 6.45) is 2.22. The summed E-state index contributed by atoms with van der Waals surface area (Å²) >= 11 is 1.71. The summed E-state index contributed by atoms with van der Waals surface area (Å²) in [7, 11) is -3.26. The lowest BCUT2D eigenvalue weighted by atomic mass is 10.1. The van der Waals surface area contributed by atoms with E-state index in [0.29, 0.717) is 12.3 Å². The molecule has 0 bridgehead atoms. The van der Waals surface area contributed by atoms with Crippen LogP contribution >= 0.6 is 11.8 Å². The number of hydrogen-bond acceptors (Lipinski definition) is 5. The van der Waals surface area contributed by atoms with E-state index in [4.69, 9.17) is 4.98 Å². The van der Waals surface area contributed by atoms with Gasteiger partial charge in [0.05, 0.1) is 22.8 Å². The van der Waals surface area contributed by atoms with Crippen LogP contribution < -0.4 is 9.62 Å². The first kappa shape index (κ1) is 21.7. The van der Waals surface area contributed by atoms with Gasteiger partial charge in [-0.15, -0.1) is 0 Å². The second kappa shape index (κ2) is 9.03. The van der Waals surface area contributed by atoms with E-state index in [1.165, 1.54) is 6.07 Å². The van der Waals surface area contributed by atoms with Crippen molar-refractivity contribution in [2.45, 2.75) is 37.1 Å². The van der Waals surface area contributed by atoms with E-state index in [0.717, 1.165) is 60.7 Å². The summed E-state index contributed by atoms with van der Waals surface area (Å²) in [5, 5.41) is -0.263. The molecule has 32 heavy (non-hydrogen) atoms. The Balaban J connectivity index is 1.34. The highest BCUT2D eigenvalue weighted by molar-refractivity contribution is 8.01. The zero-order chi connectivity index (χ0) is 22.1. The molecule has 3 aromatic rings. The van der Waals surface area contributed by atoms with Gasteiger partial charge in [0.1, 0.15) is 5.82 Å². The van der Waals surface area contributed by atoms with Crippen molar-refractivity contribution in [1.29, 1.82) is 0 Å². The van der Waals surface area contributed by atoms with Gasteiger partial charge in [-0.2, -0.15) is 11.8 Å². The molecule has 1 atom stereocenters. The number of aromatic nitrogens is 2. The number of sulfonamides is 1. The molecule has 2 aliphatic rings. The average molecular weight is 475 g/mol. The molecule has 5 rings (SSSR count). The molecule has 0 spiro atoms. The topological polar surface area (TPSA) is 67.2 Å². The predicted octanol–water partition coefficient (Wildman–Crippen LogP) is 3.62. The van der Waals surface area contributed by atoms with Crippen LogP contribution in [0.15, 0.2) is 48.5 Å². The monoisotopic (exact) mass is 474 g/mol. The summed E-state index contributed by atoms with van der Waals surface area (Å²) < 4.78 is 44.2. The normalized spacial score (nSPS) is 20.3. The largest absolute Gasteiger partial charge is 0.342 e. The van der Waals surface area contributed by atoms with E-state index >= 15 is 0 Å². The van der Waals surface area contributed by atoms with Gasteiger partial charge in [0, 0.05) is 24.9 Å². The van der Waals surface area contributed by atoms with Crippen molar-refractivity contribution in [2.24, 2.45) is 0 Å².